The lowest BCUT2D eigenvalue weighted by Gasteiger charge is -2.45. The average Bonchev–Trinajstić information content (AvgIpc) is 2.49. The highest BCUT2D eigenvalue weighted by Gasteiger charge is 2.40. The summed E-state index contributed by atoms with van der Waals surface area (Å²) < 4.78 is 0. The normalized spacial score (nSPS) is 20.8. The molecule has 2 rings (SSSR count). The number of carbonyl (C=O) groups excluding carboxylic acids is 1. The van der Waals surface area contributed by atoms with Crippen LogP contribution in [0.4, 0.5) is 0 Å². The second-order valence-electron chi connectivity index (χ2n) is 7.79. The summed E-state index contributed by atoms with van der Waals surface area (Å²) in [5.41, 5.74) is 8.06. The Morgan fingerprint density at radius 1 is 1.30 bits per heavy atom. The standard InChI is InChI=1S/C19H30N2O.ClH/c1-6-14-7-9-15(10-8-14)19(4,5)17(22)21-12-11-16(20)18(2,3)13-21;/h7-10,16H,6,11-13,20H2,1-5H3;1H. The SMILES string of the molecule is CCc1ccc(C(C)(C)C(=O)N2CCC(N)C(C)(C)C2)cc1.Cl. The molecule has 1 aliphatic rings. The maximum atomic E-state index is 13.1. The molecule has 4 heteroatoms. The zero-order valence-electron chi connectivity index (χ0n) is 15.1. The third-order valence-electron chi connectivity index (χ3n) is 5.22. The van der Waals surface area contributed by atoms with E-state index in [0.717, 1.165) is 31.5 Å². The van der Waals surface area contributed by atoms with Gasteiger partial charge in [0.2, 0.25) is 5.91 Å². The van der Waals surface area contributed by atoms with E-state index in [2.05, 4.69) is 45.0 Å². The first-order chi connectivity index (χ1) is 10.2. The lowest BCUT2D eigenvalue weighted by atomic mass is 9.77. The van der Waals surface area contributed by atoms with E-state index in [1.807, 2.05) is 18.7 Å². The smallest absolute Gasteiger partial charge is 0.232 e. The van der Waals surface area contributed by atoms with Gasteiger partial charge < -0.3 is 10.6 Å². The van der Waals surface area contributed by atoms with Gasteiger partial charge in [-0.15, -0.1) is 12.4 Å². The van der Waals surface area contributed by atoms with Crippen molar-refractivity contribution in [3.63, 3.8) is 0 Å². The van der Waals surface area contributed by atoms with Gasteiger partial charge in [-0.25, -0.2) is 0 Å². The zero-order valence-corrected chi connectivity index (χ0v) is 15.9. The molecular formula is C19H31ClN2O. The van der Waals surface area contributed by atoms with Crippen molar-refractivity contribution in [3.05, 3.63) is 35.4 Å². The Balaban J connectivity index is 0.00000264. The topological polar surface area (TPSA) is 46.3 Å². The Bertz CT molecular complexity index is 537. The number of benzene rings is 1. The van der Waals surface area contributed by atoms with E-state index >= 15 is 0 Å². The van der Waals surface area contributed by atoms with Gasteiger partial charge in [-0.1, -0.05) is 45.0 Å². The highest BCUT2D eigenvalue weighted by Crippen LogP contribution is 2.32. The molecule has 1 amide bonds. The predicted molar refractivity (Wildman–Crippen MR) is 99.0 cm³/mol. The van der Waals surface area contributed by atoms with Gasteiger partial charge in [0.15, 0.2) is 0 Å². The molecule has 0 aliphatic carbocycles. The van der Waals surface area contributed by atoms with Gasteiger partial charge in [-0.05, 0) is 43.2 Å². The number of carbonyl (C=O) groups is 1. The van der Waals surface area contributed by atoms with Crippen LogP contribution in [0.1, 0.15) is 52.2 Å². The molecule has 1 aromatic carbocycles. The fourth-order valence-electron chi connectivity index (χ4n) is 3.22. The number of nitrogens with zero attached hydrogens (tertiary/aromatic N) is 1. The molecule has 3 nitrogen and oxygen atoms in total. The van der Waals surface area contributed by atoms with E-state index in [0.29, 0.717) is 0 Å². The molecule has 23 heavy (non-hydrogen) atoms. The summed E-state index contributed by atoms with van der Waals surface area (Å²) in [6, 6.07) is 8.61. The van der Waals surface area contributed by atoms with E-state index in [-0.39, 0.29) is 29.8 Å². The minimum absolute atomic E-state index is 0. The van der Waals surface area contributed by atoms with Gasteiger partial charge in [0.05, 0.1) is 5.41 Å². The molecular weight excluding hydrogens is 308 g/mol. The maximum Gasteiger partial charge on any atom is 0.232 e. The quantitative estimate of drug-likeness (QED) is 0.916. The molecule has 130 valence electrons. The van der Waals surface area contributed by atoms with Gasteiger partial charge in [0, 0.05) is 19.1 Å². The van der Waals surface area contributed by atoms with Crippen molar-refractivity contribution < 1.29 is 4.79 Å². The largest absolute Gasteiger partial charge is 0.341 e. The van der Waals surface area contributed by atoms with Crippen LogP contribution >= 0.6 is 12.4 Å². The van der Waals surface area contributed by atoms with Crippen LogP contribution in [0.15, 0.2) is 24.3 Å². The number of nitrogens with two attached hydrogens (primary N) is 1. The maximum absolute atomic E-state index is 13.1. The van der Waals surface area contributed by atoms with Crippen molar-refractivity contribution in [2.45, 2.75) is 58.9 Å². The zero-order chi connectivity index (χ0) is 16.5. The molecule has 1 saturated heterocycles. The van der Waals surface area contributed by atoms with Crippen LogP contribution < -0.4 is 5.73 Å². The number of aryl methyl sites for hydroxylation is 1. The van der Waals surface area contributed by atoms with Crippen molar-refractivity contribution in [2.24, 2.45) is 11.1 Å². The Kier molecular flexibility index (Phi) is 6.28. The van der Waals surface area contributed by atoms with Gasteiger partial charge in [0.25, 0.3) is 0 Å². The highest BCUT2D eigenvalue weighted by molar-refractivity contribution is 5.87. The number of halogens is 1. The Labute approximate surface area is 147 Å². The molecule has 0 saturated carbocycles. The molecule has 1 unspecified atom stereocenters. The van der Waals surface area contributed by atoms with Crippen molar-refractivity contribution in [2.75, 3.05) is 13.1 Å². The Morgan fingerprint density at radius 2 is 1.87 bits per heavy atom. The van der Waals surface area contributed by atoms with E-state index in [1.54, 1.807) is 0 Å². The molecule has 1 aromatic rings. The molecule has 0 bridgehead atoms. The van der Waals surface area contributed by atoms with Crippen molar-refractivity contribution in [1.82, 2.24) is 4.90 Å². The van der Waals surface area contributed by atoms with E-state index in [9.17, 15) is 4.79 Å². The van der Waals surface area contributed by atoms with E-state index in [4.69, 9.17) is 5.73 Å². The molecule has 0 spiro atoms. The monoisotopic (exact) mass is 338 g/mol. The number of hydrogen-bond donors (Lipinski definition) is 1. The molecule has 0 aromatic heterocycles. The summed E-state index contributed by atoms with van der Waals surface area (Å²) in [5, 5.41) is 0. The van der Waals surface area contributed by atoms with Gasteiger partial charge >= 0.3 is 0 Å². The van der Waals surface area contributed by atoms with Crippen LogP contribution in [-0.2, 0) is 16.6 Å². The Hall–Kier alpha value is -1.06. The number of amides is 1. The van der Waals surface area contributed by atoms with Crippen molar-refractivity contribution in [3.8, 4) is 0 Å². The van der Waals surface area contributed by atoms with Gasteiger partial charge in [0.1, 0.15) is 0 Å². The summed E-state index contributed by atoms with van der Waals surface area (Å²) in [6.45, 7) is 12.0. The number of piperidine rings is 1. The van der Waals surface area contributed by atoms with Crippen LogP contribution in [0.5, 0.6) is 0 Å². The lowest BCUT2D eigenvalue weighted by molar-refractivity contribution is -0.139. The van der Waals surface area contributed by atoms with Crippen LogP contribution in [0.3, 0.4) is 0 Å². The molecule has 1 atom stereocenters. The molecule has 0 radical (unpaired) electrons. The number of likely N-dealkylation sites (tertiary alicyclic amines) is 1. The van der Waals surface area contributed by atoms with Crippen LogP contribution in [-0.4, -0.2) is 29.9 Å². The van der Waals surface area contributed by atoms with Gasteiger partial charge in [-0.2, -0.15) is 0 Å². The second-order valence-corrected chi connectivity index (χ2v) is 7.79. The third-order valence-corrected chi connectivity index (χ3v) is 5.22. The fraction of sp³-hybridized carbons (Fsp3) is 0.632. The number of hydrogen-bond acceptors (Lipinski definition) is 2. The minimum atomic E-state index is -0.496. The summed E-state index contributed by atoms with van der Waals surface area (Å²) in [5.74, 6) is 0.205. The third kappa shape index (κ3) is 4.07. The first kappa shape index (κ1) is 20.0. The molecule has 2 N–H and O–H groups in total. The summed E-state index contributed by atoms with van der Waals surface area (Å²) in [4.78, 5) is 15.1. The first-order valence-corrected chi connectivity index (χ1v) is 8.33. The lowest BCUT2D eigenvalue weighted by Crippen LogP contribution is -2.56. The average molecular weight is 339 g/mol. The van der Waals surface area contributed by atoms with Crippen molar-refractivity contribution >= 4 is 18.3 Å². The predicted octanol–water partition coefficient (Wildman–Crippen LogP) is 3.53. The molecule has 1 fully saturated rings. The molecule has 1 aliphatic heterocycles. The van der Waals surface area contributed by atoms with Crippen LogP contribution in [0, 0.1) is 5.41 Å². The van der Waals surface area contributed by atoms with Crippen molar-refractivity contribution in [1.29, 1.82) is 0 Å². The second kappa shape index (κ2) is 7.23. The summed E-state index contributed by atoms with van der Waals surface area (Å²) in [6.07, 6.45) is 1.90. The van der Waals surface area contributed by atoms with Crippen LogP contribution in [0.2, 0.25) is 0 Å². The first-order valence-electron chi connectivity index (χ1n) is 8.33. The van der Waals surface area contributed by atoms with Crippen LogP contribution in [0.25, 0.3) is 0 Å². The Morgan fingerprint density at radius 3 is 2.35 bits per heavy atom. The summed E-state index contributed by atoms with van der Waals surface area (Å²) >= 11 is 0. The van der Waals surface area contributed by atoms with E-state index in [1.165, 1.54) is 5.56 Å². The van der Waals surface area contributed by atoms with Gasteiger partial charge in [-0.3, -0.25) is 4.79 Å². The fourth-order valence-corrected chi connectivity index (χ4v) is 3.22. The number of rotatable bonds is 3. The summed E-state index contributed by atoms with van der Waals surface area (Å²) in [7, 11) is 0. The highest BCUT2D eigenvalue weighted by atomic mass is 35.5. The molecule has 1 heterocycles. The van der Waals surface area contributed by atoms with E-state index < -0.39 is 5.41 Å². The minimum Gasteiger partial charge on any atom is -0.341 e.